The molecule has 2 heterocycles. The third kappa shape index (κ3) is 3.74. The zero-order chi connectivity index (χ0) is 15.4. The number of anilines is 2. The van der Waals surface area contributed by atoms with Crippen molar-refractivity contribution in [2.24, 2.45) is 0 Å². The van der Waals surface area contributed by atoms with Crippen molar-refractivity contribution < 1.29 is 4.42 Å². The van der Waals surface area contributed by atoms with Crippen molar-refractivity contribution in [3.63, 3.8) is 0 Å². The molecule has 0 saturated heterocycles. The van der Waals surface area contributed by atoms with Crippen LogP contribution in [0.2, 0.25) is 0 Å². The highest BCUT2D eigenvalue weighted by Crippen LogP contribution is 2.25. The first-order valence-corrected chi connectivity index (χ1v) is 7.43. The number of nitrogens with zero attached hydrogens (tertiary/aromatic N) is 2. The summed E-state index contributed by atoms with van der Waals surface area (Å²) >= 11 is 0. The second-order valence-corrected chi connectivity index (χ2v) is 5.33. The van der Waals surface area contributed by atoms with Crippen molar-refractivity contribution in [1.82, 2.24) is 9.97 Å². The highest BCUT2D eigenvalue weighted by molar-refractivity contribution is 5.57. The van der Waals surface area contributed by atoms with E-state index >= 15 is 0 Å². The smallest absolute Gasteiger partial charge is 0.135 e. The molecule has 21 heavy (non-hydrogen) atoms. The highest BCUT2D eigenvalue weighted by Gasteiger charge is 2.14. The van der Waals surface area contributed by atoms with Gasteiger partial charge in [-0.25, -0.2) is 9.97 Å². The number of furan rings is 1. The fourth-order valence-electron chi connectivity index (χ4n) is 2.15. The van der Waals surface area contributed by atoms with Crippen LogP contribution in [0.5, 0.6) is 0 Å². The Kier molecular flexibility index (Phi) is 4.83. The zero-order valence-electron chi connectivity index (χ0n) is 13.4. The van der Waals surface area contributed by atoms with Gasteiger partial charge in [-0.05, 0) is 46.2 Å². The van der Waals surface area contributed by atoms with Gasteiger partial charge in [0, 0.05) is 12.1 Å². The maximum absolute atomic E-state index is 5.66. The Labute approximate surface area is 126 Å². The van der Waals surface area contributed by atoms with Gasteiger partial charge in [0.2, 0.25) is 0 Å². The molecule has 0 amide bonds. The van der Waals surface area contributed by atoms with Crippen LogP contribution in [0.1, 0.15) is 49.2 Å². The molecule has 114 valence electrons. The lowest BCUT2D eigenvalue weighted by Crippen LogP contribution is -2.13. The van der Waals surface area contributed by atoms with Gasteiger partial charge in [-0.2, -0.15) is 0 Å². The molecule has 1 atom stereocenters. The van der Waals surface area contributed by atoms with Gasteiger partial charge in [-0.15, -0.1) is 0 Å². The van der Waals surface area contributed by atoms with E-state index in [0.717, 1.165) is 47.5 Å². The Morgan fingerprint density at radius 2 is 1.86 bits per heavy atom. The van der Waals surface area contributed by atoms with E-state index in [1.165, 1.54) is 0 Å². The summed E-state index contributed by atoms with van der Waals surface area (Å²) in [5.74, 6) is 4.33. The van der Waals surface area contributed by atoms with Crippen LogP contribution in [0, 0.1) is 20.8 Å². The van der Waals surface area contributed by atoms with Crippen molar-refractivity contribution in [1.29, 1.82) is 0 Å². The molecular formula is C16H24N4O. The molecule has 0 aromatic carbocycles. The van der Waals surface area contributed by atoms with Crippen molar-refractivity contribution in [2.75, 3.05) is 17.2 Å². The Hall–Kier alpha value is -2.04. The van der Waals surface area contributed by atoms with Crippen LogP contribution < -0.4 is 10.6 Å². The van der Waals surface area contributed by atoms with Crippen LogP contribution in [0.15, 0.2) is 16.5 Å². The summed E-state index contributed by atoms with van der Waals surface area (Å²) in [5.41, 5.74) is 1.03. The molecular weight excluding hydrogens is 264 g/mol. The minimum atomic E-state index is 0.0609. The highest BCUT2D eigenvalue weighted by atomic mass is 16.3. The minimum Gasteiger partial charge on any atom is -0.464 e. The van der Waals surface area contributed by atoms with Gasteiger partial charge in [-0.3, -0.25) is 0 Å². The van der Waals surface area contributed by atoms with E-state index < -0.39 is 0 Å². The number of aryl methyl sites for hydroxylation is 2. The Bertz CT molecular complexity index is 606. The van der Waals surface area contributed by atoms with Gasteiger partial charge < -0.3 is 15.1 Å². The van der Waals surface area contributed by atoms with Crippen molar-refractivity contribution in [3.05, 3.63) is 35.0 Å². The quantitative estimate of drug-likeness (QED) is 0.841. The number of rotatable bonds is 6. The molecule has 0 aliphatic rings. The van der Waals surface area contributed by atoms with E-state index in [1.54, 1.807) is 0 Å². The fraction of sp³-hybridized carbons (Fsp3) is 0.500. The molecule has 0 bridgehead atoms. The normalized spacial score (nSPS) is 12.2. The summed E-state index contributed by atoms with van der Waals surface area (Å²) in [5, 5.41) is 6.76. The van der Waals surface area contributed by atoms with Gasteiger partial charge in [-0.1, -0.05) is 6.92 Å². The van der Waals surface area contributed by atoms with E-state index in [2.05, 4.69) is 34.4 Å². The average Bonchev–Trinajstić information content (AvgIpc) is 2.87. The first kappa shape index (κ1) is 15.4. The summed E-state index contributed by atoms with van der Waals surface area (Å²) in [4.78, 5) is 8.98. The predicted molar refractivity (Wildman–Crippen MR) is 85.8 cm³/mol. The summed E-state index contributed by atoms with van der Waals surface area (Å²) in [6.07, 6.45) is 1.06. The molecule has 5 heteroatoms. The van der Waals surface area contributed by atoms with Crippen LogP contribution in [-0.4, -0.2) is 16.5 Å². The van der Waals surface area contributed by atoms with Crippen LogP contribution >= 0.6 is 0 Å². The van der Waals surface area contributed by atoms with Gasteiger partial charge in [0.15, 0.2) is 0 Å². The van der Waals surface area contributed by atoms with Gasteiger partial charge >= 0.3 is 0 Å². The standard InChI is InChI=1S/C16H24N4O/c1-6-9-17-15-11(3)16(20-13(5)19-15)18-12(4)14-8-7-10(2)21-14/h7-8,12H,6,9H2,1-5H3,(H2,17,18,19,20). The Balaban J connectivity index is 2.20. The average molecular weight is 288 g/mol. The number of aromatic nitrogens is 2. The largest absolute Gasteiger partial charge is 0.464 e. The van der Waals surface area contributed by atoms with Crippen LogP contribution in [0.3, 0.4) is 0 Å². The van der Waals surface area contributed by atoms with Crippen LogP contribution in [0.4, 0.5) is 11.6 Å². The number of hydrogen-bond donors (Lipinski definition) is 2. The minimum absolute atomic E-state index is 0.0609. The molecule has 0 saturated carbocycles. The molecule has 0 spiro atoms. The van der Waals surface area contributed by atoms with Crippen molar-refractivity contribution in [3.8, 4) is 0 Å². The SMILES string of the molecule is CCCNc1nc(C)nc(NC(C)c2ccc(C)o2)c1C. The second-order valence-electron chi connectivity index (χ2n) is 5.33. The lowest BCUT2D eigenvalue weighted by molar-refractivity contribution is 0.466. The molecule has 2 rings (SSSR count). The van der Waals surface area contributed by atoms with Gasteiger partial charge in [0.25, 0.3) is 0 Å². The molecule has 0 radical (unpaired) electrons. The van der Waals surface area contributed by atoms with E-state index in [0.29, 0.717) is 0 Å². The van der Waals surface area contributed by atoms with E-state index in [-0.39, 0.29) is 6.04 Å². The summed E-state index contributed by atoms with van der Waals surface area (Å²) < 4.78 is 5.66. The third-order valence-corrected chi connectivity index (χ3v) is 3.34. The number of hydrogen-bond acceptors (Lipinski definition) is 5. The second kappa shape index (κ2) is 6.61. The Morgan fingerprint density at radius 1 is 1.14 bits per heavy atom. The first-order chi connectivity index (χ1) is 10.0. The molecule has 2 N–H and O–H groups in total. The maximum Gasteiger partial charge on any atom is 0.135 e. The topological polar surface area (TPSA) is 63.0 Å². The molecule has 1 unspecified atom stereocenters. The number of nitrogens with one attached hydrogen (secondary N) is 2. The molecule has 2 aromatic rings. The van der Waals surface area contributed by atoms with Gasteiger partial charge in [0.1, 0.15) is 29.0 Å². The van der Waals surface area contributed by atoms with E-state index in [4.69, 9.17) is 4.42 Å². The zero-order valence-corrected chi connectivity index (χ0v) is 13.4. The molecule has 2 aromatic heterocycles. The Morgan fingerprint density at radius 3 is 2.48 bits per heavy atom. The third-order valence-electron chi connectivity index (χ3n) is 3.34. The van der Waals surface area contributed by atoms with Crippen molar-refractivity contribution >= 4 is 11.6 Å². The summed E-state index contributed by atoms with van der Waals surface area (Å²) in [7, 11) is 0. The predicted octanol–water partition coefficient (Wildman–Crippen LogP) is 3.99. The van der Waals surface area contributed by atoms with Crippen molar-refractivity contribution in [2.45, 2.75) is 47.1 Å². The molecule has 0 fully saturated rings. The van der Waals surface area contributed by atoms with E-state index in [9.17, 15) is 0 Å². The molecule has 0 aliphatic carbocycles. The van der Waals surface area contributed by atoms with E-state index in [1.807, 2.05) is 32.9 Å². The lowest BCUT2D eigenvalue weighted by atomic mass is 10.2. The monoisotopic (exact) mass is 288 g/mol. The maximum atomic E-state index is 5.66. The lowest BCUT2D eigenvalue weighted by Gasteiger charge is -2.17. The summed E-state index contributed by atoms with van der Waals surface area (Å²) in [6.45, 7) is 11.0. The van der Waals surface area contributed by atoms with Crippen LogP contribution in [-0.2, 0) is 0 Å². The molecule has 0 aliphatic heterocycles. The summed E-state index contributed by atoms with van der Waals surface area (Å²) in [6, 6.07) is 4.03. The first-order valence-electron chi connectivity index (χ1n) is 7.43. The van der Waals surface area contributed by atoms with Crippen LogP contribution in [0.25, 0.3) is 0 Å². The molecule has 5 nitrogen and oxygen atoms in total. The fourth-order valence-corrected chi connectivity index (χ4v) is 2.15. The van der Waals surface area contributed by atoms with Gasteiger partial charge in [0.05, 0.1) is 6.04 Å².